The maximum atomic E-state index is 12.7. The number of rotatable bonds is 2. The molecule has 0 aliphatic rings. The molecule has 16 heavy (non-hydrogen) atoms. The largest absolute Gasteiger partial charge is 0.478 e. The van der Waals surface area contributed by atoms with Crippen LogP contribution in [0.25, 0.3) is 10.8 Å². The van der Waals surface area contributed by atoms with Gasteiger partial charge in [0.15, 0.2) is 0 Å². The molecule has 0 aliphatic heterocycles. The Kier molecular flexibility index (Phi) is 2.56. The molecular weight excluding hydrogens is 214 g/mol. The molecule has 0 unspecified atom stereocenters. The molecule has 82 valence electrons. The first-order valence-corrected chi connectivity index (χ1v) is 4.64. The number of benzene rings is 2. The van der Waals surface area contributed by atoms with Crippen LogP contribution in [0.3, 0.4) is 0 Å². The molecule has 0 saturated carbocycles. The fraction of sp³-hybridized carbons (Fsp3) is 0.0833. The number of halogens is 2. The standard InChI is InChI=1S/C12H8F2O2/c13-11(14)9-5-6-10(12(15)16)8-4-2-1-3-7(8)9/h1-6,11H,(H,15,16). The monoisotopic (exact) mass is 222 g/mol. The van der Waals surface area contributed by atoms with E-state index in [2.05, 4.69) is 0 Å². The number of carboxylic acid groups (broad SMARTS) is 1. The Balaban J connectivity index is 2.82. The predicted molar refractivity (Wildman–Crippen MR) is 55.9 cm³/mol. The highest BCUT2D eigenvalue weighted by molar-refractivity contribution is 6.04. The van der Waals surface area contributed by atoms with Crippen molar-refractivity contribution in [1.82, 2.24) is 0 Å². The van der Waals surface area contributed by atoms with Crippen LogP contribution in [-0.4, -0.2) is 11.1 Å². The Morgan fingerprint density at radius 2 is 1.69 bits per heavy atom. The van der Waals surface area contributed by atoms with Gasteiger partial charge in [0, 0.05) is 5.56 Å². The van der Waals surface area contributed by atoms with E-state index in [0.29, 0.717) is 5.39 Å². The lowest BCUT2D eigenvalue weighted by Gasteiger charge is -2.07. The van der Waals surface area contributed by atoms with Crippen LogP contribution in [0.15, 0.2) is 36.4 Å². The number of carbonyl (C=O) groups is 1. The molecule has 0 heterocycles. The SMILES string of the molecule is O=C(O)c1ccc(C(F)F)c2ccccc12. The molecule has 0 radical (unpaired) electrons. The summed E-state index contributed by atoms with van der Waals surface area (Å²) in [4.78, 5) is 10.9. The molecule has 0 bridgehead atoms. The zero-order valence-electron chi connectivity index (χ0n) is 8.15. The summed E-state index contributed by atoms with van der Waals surface area (Å²) < 4.78 is 25.4. The van der Waals surface area contributed by atoms with Crippen LogP contribution in [0.2, 0.25) is 0 Å². The van der Waals surface area contributed by atoms with Gasteiger partial charge in [-0.3, -0.25) is 0 Å². The van der Waals surface area contributed by atoms with Gasteiger partial charge in [0.05, 0.1) is 5.56 Å². The van der Waals surface area contributed by atoms with E-state index < -0.39 is 12.4 Å². The van der Waals surface area contributed by atoms with E-state index in [1.165, 1.54) is 18.2 Å². The van der Waals surface area contributed by atoms with Crippen molar-refractivity contribution < 1.29 is 18.7 Å². The zero-order chi connectivity index (χ0) is 11.7. The van der Waals surface area contributed by atoms with Gasteiger partial charge >= 0.3 is 5.97 Å². The fourth-order valence-electron chi connectivity index (χ4n) is 1.70. The summed E-state index contributed by atoms with van der Waals surface area (Å²) in [5.74, 6) is -1.11. The average molecular weight is 222 g/mol. The second-order valence-corrected chi connectivity index (χ2v) is 3.35. The van der Waals surface area contributed by atoms with Gasteiger partial charge in [-0.2, -0.15) is 0 Å². The van der Waals surface area contributed by atoms with Gasteiger partial charge in [-0.15, -0.1) is 0 Å². The van der Waals surface area contributed by atoms with Crippen molar-refractivity contribution in [3.05, 3.63) is 47.5 Å². The van der Waals surface area contributed by atoms with E-state index in [4.69, 9.17) is 5.11 Å². The quantitative estimate of drug-likeness (QED) is 0.844. The van der Waals surface area contributed by atoms with Crippen LogP contribution in [0.1, 0.15) is 22.3 Å². The van der Waals surface area contributed by atoms with E-state index in [1.807, 2.05) is 0 Å². The lowest BCUT2D eigenvalue weighted by molar-refractivity contribution is 0.0698. The average Bonchev–Trinajstić information content (AvgIpc) is 2.27. The summed E-state index contributed by atoms with van der Waals surface area (Å²) in [6.45, 7) is 0. The lowest BCUT2D eigenvalue weighted by atomic mass is 10.00. The summed E-state index contributed by atoms with van der Waals surface area (Å²) in [5, 5.41) is 9.55. The van der Waals surface area contributed by atoms with Gasteiger partial charge in [-0.05, 0) is 16.8 Å². The molecular formula is C12H8F2O2. The molecule has 0 atom stereocenters. The topological polar surface area (TPSA) is 37.3 Å². The minimum Gasteiger partial charge on any atom is -0.478 e. The predicted octanol–water partition coefficient (Wildman–Crippen LogP) is 3.48. The summed E-state index contributed by atoms with van der Waals surface area (Å²) in [7, 11) is 0. The minimum atomic E-state index is -2.60. The number of hydrogen-bond acceptors (Lipinski definition) is 1. The molecule has 1 N–H and O–H groups in total. The number of alkyl halides is 2. The Bertz CT molecular complexity index is 550. The maximum absolute atomic E-state index is 12.7. The minimum absolute atomic E-state index is 0.0417. The van der Waals surface area contributed by atoms with Crippen LogP contribution in [0.4, 0.5) is 8.78 Å². The van der Waals surface area contributed by atoms with E-state index in [9.17, 15) is 13.6 Å². The Morgan fingerprint density at radius 1 is 1.06 bits per heavy atom. The Morgan fingerprint density at radius 3 is 2.25 bits per heavy atom. The molecule has 2 aromatic carbocycles. The molecule has 2 aromatic rings. The Labute approximate surface area is 90.1 Å². The molecule has 0 spiro atoms. The van der Waals surface area contributed by atoms with Crippen molar-refractivity contribution in [1.29, 1.82) is 0 Å². The van der Waals surface area contributed by atoms with Crippen molar-refractivity contribution in [2.45, 2.75) is 6.43 Å². The van der Waals surface area contributed by atoms with Crippen molar-refractivity contribution >= 4 is 16.7 Å². The van der Waals surface area contributed by atoms with Crippen LogP contribution in [0.5, 0.6) is 0 Å². The van der Waals surface area contributed by atoms with E-state index in [1.54, 1.807) is 12.1 Å². The number of aromatic carboxylic acids is 1. The number of hydrogen-bond donors (Lipinski definition) is 1. The zero-order valence-corrected chi connectivity index (χ0v) is 8.15. The highest BCUT2D eigenvalue weighted by Gasteiger charge is 2.15. The molecule has 0 saturated heterocycles. The molecule has 0 aromatic heterocycles. The highest BCUT2D eigenvalue weighted by Crippen LogP contribution is 2.29. The Hall–Kier alpha value is -1.97. The van der Waals surface area contributed by atoms with E-state index >= 15 is 0 Å². The van der Waals surface area contributed by atoms with Gasteiger partial charge in [-0.25, -0.2) is 13.6 Å². The number of fused-ring (bicyclic) bond motifs is 1. The van der Waals surface area contributed by atoms with Crippen molar-refractivity contribution in [2.75, 3.05) is 0 Å². The molecule has 4 heteroatoms. The van der Waals surface area contributed by atoms with Crippen molar-refractivity contribution in [3.8, 4) is 0 Å². The van der Waals surface area contributed by atoms with Crippen LogP contribution in [0, 0.1) is 0 Å². The van der Waals surface area contributed by atoms with Crippen LogP contribution < -0.4 is 0 Å². The second-order valence-electron chi connectivity index (χ2n) is 3.35. The summed E-state index contributed by atoms with van der Waals surface area (Å²) in [6.07, 6.45) is -2.60. The first kappa shape index (κ1) is 10.5. The summed E-state index contributed by atoms with van der Waals surface area (Å²) >= 11 is 0. The lowest BCUT2D eigenvalue weighted by Crippen LogP contribution is -1.99. The molecule has 0 aliphatic carbocycles. The first-order valence-electron chi connectivity index (χ1n) is 4.64. The van der Waals surface area contributed by atoms with Crippen LogP contribution in [-0.2, 0) is 0 Å². The fourth-order valence-corrected chi connectivity index (χ4v) is 1.70. The van der Waals surface area contributed by atoms with Gasteiger partial charge < -0.3 is 5.11 Å². The summed E-state index contributed by atoms with van der Waals surface area (Å²) in [6, 6.07) is 8.65. The van der Waals surface area contributed by atoms with Crippen molar-refractivity contribution in [2.24, 2.45) is 0 Å². The first-order chi connectivity index (χ1) is 7.61. The van der Waals surface area contributed by atoms with Gasteiger partial charge in [0.2, 0.25) is 0 Å². The van der Waals surface area contributed by atoms with E-state index in [0.717, 1.165) is 6.07 Å². The van der Waals surface area contributed by atoms with Gasteiger partial charge in [0.1, 0.15) is 0 Å². The van der Waals surface area contributed by atoms with Gasteiger partial charge in [0.25, 0.3) is 6.43 Å². The number of carboxylic acids is 1. The molecule has 0 fully saturated rings. The molecule has 2 rings (SSSR count). The van der Waals surface area contributed by atoms with Crippen LogP contribution >= 0.6 is 0 Å². The third-order valence-corrected chi connectivity index (χ3v) is 2.42. The second kappa shape index (κ2) is 3.89. The molecule has 0 amide bonds. The smallest absolute Gasteiger partial charge is 0.336 e. The maximum Gasteiger partial charge on any atom is 0.336 e. The van der Waals surface area contributed by atoms with Crippen molar-refractivity contribution in [3.63, 3.8) is 0 Å². The third-order valence-electron chi connectivity index (χ3n) is 2.42. The highest BCUT2D eigenvalue weighted by atomic mass is 19.3. The molecule has 2 nitrogen and oxygen atoms in total. The van der Waals surface area contributed by atoms with Gasteiger partial charge in [-0.1, -0.05) is 30.3 Å². The normalized spacial score (nSPS) is 10.9. The summed E-state index contributed by atoms with van der Waals surface area (Å²) in [5.41, 5.74) is -0.0967. The van der Waals surface area contributed by atoms with E-state index in [-0.39, 0.29) is 16.5 Å². The third kappa shape index (κ3) is 1.62.